The molecule has 3 heteroatoms. The summed E-state index contributed by atoms with van der Waals surface area (Å²) in [6.07, 6.45) is 3.25. The lowest BCUT2D eigenvalue weighted by Gasteiger charge is -2.06. The van der Waals surface area contributed by atoms with Crippen molar-refractivity contribution in [3.63, 3.8) is 0 Å². The fraction of sp³-hybridized carbons (Fsp3) is 0.357. The van der Waals surface area contributed by atoms with Crippen molar-refractivity contribution in [1.82, 2.24) is 0 Å². The van der Waals surface area contributed by atoms with Crippen LogP contribution in [0.2, 0.25) is 0 Å². The molecule has 0 bridgehead atoms. The largest absolute Gasteiger partial charge is 0.443 e. The number of hydrogen-bond donors (Lipinski definition) is 1. The van der Waals surface area contributed by atoms with E-state index in [2.05, 4.69) is 32.0 Å². The van der Waals surface area contributed by atoms with Crippen LogP contribution in [0.3, 0.4) is 0 Å². The van der Waals surface area contributed by atoms with Crippen LogP contribution in [0, 0.1) is 13.8 Å². The molecule has 0 unspecified atom stereocenters. The van der Waals surface area contributed by atoms with Crippen LogP contribution in [0.4, 0.5) is 0 Å². The maximum Gasteiger partial charge on any atom is 0.338 e. The van der Waals surface area contributed by atoms with E-state index in [0.29, 0.717) is 6.61 Å². The van der Waals surface area contributed by atoms with E-state index in [1.807, 2.05) is 18.5 Å². The van der Waals surface area contributed by atoms with Gasteiger partial charge in [0.05, 0.1) is 13.1 Å². The highest BCUT2D eigenvalue weighted by Crippen LogP contribution is 2.10. The number of nitrogens with zero attached hydrogens (tertiary/aromatic N) is 1. The number of aryl methyl sites for hydroxylation is 2. The maximum absolute atomic E-state index is 5.69. The van der Waals surface area contributed by atoms with Crippen molar-refractivity contribution in [3.8, 4) is 0 Å². The molecule has 0 saturated carbocycles. The SMILES string of the molecule is CC(OCc1cc(C)cc(C)c1)=[N+](C)/C=C\N. The summed E-state index contributed by atoms with van der Waals surface area (Å²) in [6, 6.07) is 6.43. The maximum atomic E-state index is 5.69. The van der Waals surface area contributed by atoms with E-state index < -0.39 is 0 Å². The van der Waals surface area contributed by atoms with Crippen LogP contribution in [0.1, 0.15) is 23.6 Å². The molecule has 0 amide bonds. The summed E-state index contributed by atoms with van der Waals surface area (Å²) in [4.78, 5) is 0. The molecule has 0 heterocycles. The van der Waals surface area contributed by atoms with Gasteiger partial charge in [0.1, 0.15) is 13.7 Å². The van der Waals surface area contributed by atoms with E-state index in [-0.39, 0.29) is 0 Å². The van der Waals surface area contributed by atoms with Crippen LogP contribution >= 0.6 is 0 Å². The molecule has 0 aromatic heterocycles. The predicted octanol–water partition coefficient (Wildman–Crippen LogP) is 2.31. The zero-order valence-corrected chi connectivity index (χ0v) is 11.0. The third-order valence-electron chi connectivity index (χ3n) is 2.54. The normalized spacial score (nSPS) is 12.7. The Morgan fingerprint density at radius 2 is 1.88 bits per heavy atom. The summed E-state index contributed by atoms with van der Waals surface area (Å²) in [5.74, 6) is 0.825. The molecule has 0 aliphatic rings. The van der Waals surface area contributed by atoms with Gasteiger partial charge in [-0.3, -0.25) is 0 Å². The molecule has 0 aliphatic carbocycles. The van der Waals surface area contributed by atoms with Gasteiger partial charge in [-0.15, -0.1) is 0 Å². The fourth-order valence-electron chi connectivity index (χ4n) is 1.68. The molecule has 0 atom stereocenters. The van der Waals surface area contributed by atoms with Gasteiger partial charge in [0, 0.05) is 0 Å². The van der Waals surface area contributed by atoms with Crippen LogP contribution in [-0.2, 0) is 11.3 Å². The molecule has 1 aromatic carbocycles. The third kappa shape index (κ3) is 4.31. The minimum absolute atomic E-state index is 0.580. The molecule has 0 saturated heterocycles. The van der Waals surface area contributed by atoms with E-state index >= 15 is 0 Å². The van der Waals surface area contributed by atoms with Gasteiger partial charge in [0.2, 0.25) is 0 Å². The van der Waals surface area contributed by atoms with Crippen molar-refractivity contribution in [2.75, 3.05) is 7.05 Å². The molecule has 92 valence electrons. The summed E-state index contributed by atoms with van der Waals surface area (Å²) in [5, 5.41) is 0. The molecule has 17 heavy (non-hydrogen) atoms. The smallest absolute Gasteiger partial charge is 0.338 e. The van der Waals surface area contributed by atoms with E-state index in [1.165, 1.54) is 22.9 Å². The van der Waals surface area contributed by atoms with Crippen LogP contribution < -0.4 is 5.73 Å². The molecule has 3 nitrogen and oxygen atoms in total. The first kappa shape index (κ1) is 13.3. The molecule has 1 rings (SSSR count). The molecule has 0 spiro atoms. The Balaban J connectivity index is 2.70. The average Bonchev–Trinajstić information content (AvgIpc) is 2.25. The third-order valence-corrected chi connectivity index (χ3v) is 2.54. The van der Waals surface area contributed by atoms with Crippen molar-refractivity contribution >= 4 is 5.90 Å². The standard InChI is InChI=1S/C14H21N2O/c1-11-7-12(2)9-14(8-11)10-17-13(3)16(4)6-5-15/h5-9H,10,15H2,1-4H3/q+1/b6-5-,16-13?. The lowest BCUT2D eigenvalue weighted by molar-refractivity contribution is -0.434. The number of ether oxygens (including phenoxy) is 1. The van der Waals surface area contributed by atoms with Crippen molar-refractivity contribution in [2.45, 2.75) is 27.4 Å². The van der Waals surface area contributed by atoms with Gasteiger partial charge >= 0.3 is 5.90 Å². The lowest BCUT2D eigenvalue weighted by Crippen LogP contribution is -2.13. The highest BCUT2D eigenvalue weighted by molar-refractivity contribution is 5.67. The van der Waals surface area contributed by atoms with Crippen LogP contribution in [0.25, 0.3) is 0 Å². The Morgan fingerprint density at radius 1 is 1.29 bits per heavy atom. The van der Waals surface area contributed by atoms with E-state index in [9.17, 15) is 0 Å². The van der Waals surface area contributed by atoms with Crippen LogP contribution in [-0.4, -0.2) is 17.5 Å². The van der Waals surface area contributed by atoms with Crippen molar-refractivity contribution in [2.24, 2.45) is 5.73 Å². The number of hydrogen-bond acceptors (Lipinski definition) is 2. The second-order valence-electron chi connectivity index (χ2n) is 4.26. The second kappa shape index (κ2) is 6.09. The molecule has 0 aliphatic heterocycles. The highest BCUT2D eigenvalue weighted by atomic mass is 16.5. The zero-order valence-electron chi connectivity index (χ0n) is 11.0. The Kier molecular flexibility index (Phi) is 4.76. The van der Waals surface area contributed by atoms with Crippen LogP contribution in [0.5, 0.6) is 0 Å². The lowest BCUT2D eigenvalue weighted by atomic mass is 10.1. The Morgan fingerprint density at radius 3 is 2.41 bits per heavy atom. The Bertz CT molecular complexity index is 427. The summed E-state index contributed by atoms with van der Waals surface area (Å²) in [7, 11) is 1.90. The second-order valence-corrected chi connectivity index (χ2v) is 4.26. The number of rotatable bonds is 3. The molecular weight excluding hydrogens is 212 g/mol. The van der Waals surface area contributed by atoms with Crippen molar-refractivity contribution in [1.29, 1.82) is 0 Å². The zero-order chi connectivity index (χ0) is 12.8. The molecular formula is C14H21N2O+. The van der Waals surface area contributed by atoms with Gasteiger partial charge in [0.25, 0.3) is 0 Å². The fourth-order valence-corrected chi connectivity index (χ4v) is 1.68. The van der Waals surface area contributed by atoms with Gasteiger partial charge in [-0.25, -0.2) is 0 Å². The molecule has 0 radical (unpaired) electrons. The Labute approximate surface area is 103 Å². The minimum atomic E-state index is 0.580. The summed E-state index contributed by atoms with van der Waals surface area (Å²) in [5.41, 5.74) is 9.03. The van der Waals surface area contributed by atoms with Crippen LogP contribution in [0.15, 0.2) is 30.6 Å². The van der Waals surface area contributed by atoms with Crippen molar-refractivity contribution in [3.05, 3.63) is 47.3 Å². The molecule has 2 N–H and O–H groups in total. The van der Waals surface area contributed by atoms with Gasteiger partial charge in [-0.05, 0) is 19.4 Å². The first-order chi connectivity index (χ1) is 8.02. The quantitative estimate of drug-likeness (QED) is 0.494. The average molecular weight is 233 g/mol. The van der Waals surface area contributed by atoms with E-state index in [4.69, 9.17) is 10.5 Å². The first-order valence-electron chi connectivity index (χ1n) is 5.67. The van der Waals surface area contributed by atoms with E-state index in [0.717, 1.165) is 5.90 Å². The summed E-state index contributed by atoms with van der Waals surface area (Å²) < 4.78 is 7.54. The van der Waals surface area contributed by atoms with Gasteiger partial charge in [0.15, 0.2) is 6.20 Å². The Hall–Kier alpha value is -1.77. The van der Waals surface area contributed by atoms with E-state index in [1.54, 1.807) is 6.20 Å². The summed E-state index contributed by atoms with van der Waals surface area (Å²) in [6.45, 7) is 6.69. The minimum Gasteiger partial charge on any atom is -0.443 e. The van der Waals surface area contributed by atoms with Crippen molar-refractivity contribution < 1.29 is 9.31 Å². The topological polar surface area (TPSA) is 38.3 Å². The number of nitrogens with two attached hydrogens (primary N) is 1. The van der Waals surface area contributed by atoms with Gasteiger partial charge < -0.3 is 10.5 Å². The molecule has 0 fully saturated rings. The first-order valence-corrected chi connectivity index (χ1v) is 5.67. The number of benzene rings is 1. The predicted molar refractivity (Wildman–Crippen MR) is 70.9 cm³/mol. The van der Waals surface area contributed by atoms with Gasteiger partial charge in [-0.2, -0.15) is 4.58 Å². The molecule has 1 aromatic rings. The summed E-state index contributed by atoms with van der Waals surface area (Å²) >= 11 is 0. The van der Waals surface area contributed by atoms with Gasteiger partial charge in [-0.1, -0.05) is 29.3 Å². The monoisotopic (exact) mass is 233 g/mol. The highest BCUT2D eigenvalue weighted by Gasteiger charge is 2.04.